The van der Waals surface area contributed by atoms with Gasteiger partial charge in [0.25, 0.3) is 5.91 Å². The summed E-state index contributed by atoms with van der Waals surface area (Å²) in [6.45, 7) is 0.837. The molecule has 0 aliphatic carbocycles. The Labute approximate surface area is 149 Å². The molecule has 8 nitrogen and oxygen atoms in total. The maximum Gasteiger partial charge on any atom is 0.409 e. The number of nitrogens with zero attached hydrogens (tertiary/aromatic N) is 4. The molecule has 1 aromatic carbocycles. The Hall–Kier alpha value is -3.42. The summed E-state index contributed by atoms with van der Waals surface area (Å²) in [6, 6.07) is 7.31. The van der Waals surface area contributed by atoms with Gasteiger partial charge < -0.3 is 15.4 Å². The number of nitrogens with two attached hydrogens (primary N) is 1. The molecule has 8 heteroatoms. The Morgan fingerprint density at radius 2 is 2.04 bits per heavy atom. The number of anilines is 1. The van der Waals surface area contributed by atoms with E-state index in [1.165, 1.54) is 11.8 Å². The van der Waals surface area contributed by atoms with Crippen LogP contribution in [0.1, 0.15) is 21.5 Å². The van der Waals surface area contributed by atoms with Gasteiger partial charge in [-0.15, -0.1) is 5.10 Å². The molecule has 2 aromatic heterocycles. The van der Waals surface area contributed by atoms with Gasteiger partial charge in [-0.1, -0.05) is 12.1 Å². The van der Waals surface area contributed by atoms with Crippen LogP contribution in [0.4, 0.5) is 10.6 Å². The van der Waals surface area contributed by atoms with Gasteiger partial charge in [-0.25, -0.2) is 4.79 Å². The average Bonchev–Trinajstić information content (AvgIpc) is 3.03. The average molecular weight is 351 g/mol. The molecule has 0 radical (unpaired) electrons. The summed E-state index contributed by atoms with van der Waals surface area (Å²) in [5.74, 6) is 0.0253. The molecule has 1 aliphatic rings. The van der Waals surface area contributed by atoms with Crippen molar-refractivity contribution < 1.29 is 14.3 Å². The molecule has 0 fully saturated rings. The number of para-hydroxylation sites is 1. The number of carbonyl (C=O) groups is 2. The van der Waals surface area contributed by atoms with E-state index in [2.05, 4.69) is 10.1 Å². The lowest BCUT2D eigenvalue weighted by Crippen LogP contribution is -2.36. The molecule has 0 saturated heterocycles. The molecule has 4 rings (SSSR count). The molecule has 26 heavy (non-hydrogen) atoms. The first kappa shape index (κ1) is 16.1. The summed E-state index contributed by atoms with van der Waals surface area (Å²) < 4.78 is 6.09. The Morgan fingerprint density at radius 1 is 1.23 bits per heavy atom. The van der Waals surface area contributed by atoms with Gasteiger partial charge in [0.1, 0.15) is 0 Å². The zero-order chi connectivity index (χ0) is 18.3. The zero-order valence-corrected chi connectivity index (χ0v) is 14.2. The van der Waals surface area contributed by atoms with Crippen molar-refractivity contribution >= 4 is 28.7 Å². The van der Waals surface area contributed by atoms with Crippen molar-refractivity contribution in [3.8, 4) is 0 Å². The summed E-state index contributed by atoms with van der Waals surface area (Å²) in [4.78, 5) is 30.6. The van der Waals surface area contributed by atoms with Crippen molar-refractivity contribution in [2.45, 2.75) is 13.0 Å². The Morgan fingerprint density at radius 3 is 2.85 bits per heavy atom. The van der Waals surface area contributed by atoms with E-state index in [1.54, 1.807) is 23.4 Å². The van der Waals surface area contributed by atoms with Gasteiger partial charge in [0.2, 0.25) is 0 Å². The van der Waals surface area contributed by atoms with Gasteiger partial charge in [-0.2, -0.15) is 4.68 Å². The van der Waals surface area contributed by atoms with Crippen LogP contribution in [0.5, 0.6) is 0 Å². The van der Waals surface area contributed by atoms with E-state index < -0.39 is 6.09 Å². The van der Waals surface area contributed by atoms with E-state index in [0.717, 1.165) is 16.5 Å². The van der Waals surface area contributed by atoms with Crippen molar-refractivity contribution in [1.29, 1.82) is 0 Å². The monoisotopic (exact) mass is 351 g/mol. The minimum atomic E-state index is -0.391. The highest BCUT2D eigenvalue weighted by molar-refractivity contribution is 6.04. The second kappa shape index (κ2) is 6.14. The number of carbonyl (C=O) groups excluding carboxylic acids is 2. The fraction of sp³-hybridized carbons (Fsp3) is 0.222. The third-order valence-corrected chi connectivity index (χ3v) is 4.61. The largest absolute Gasteiger partial charge is 0.453 e. The van der Waals surface area contributed by atoms with Gasteiger partial charge in [-0.3, -0.25) is 9.78 Å². The molecular formula is C18H17N5O3. The van der Waals surface area contributed by atoms with Crippen LogP contribution in [0.15, 0.2) is 36.7 Å². The van der Waals surface area contributed by atoms with E-state index in [4.69, 9.17) is 10.5 Å². The van der Waals surface area contributed by atoms with E-state index >= 15 is 0 Å². The van der Waals surface area contributed by atoms with Crippen LogP contribution in [0.25, 0.3) is 10.9 Å². The quantitative estimate of drug-likeness (QED) is 0.717. The third-order valence-electron chi connectivity index (χ3n) is 4.61. The highest BCUT2D eigenvalue weighted by Crippen LogP contribution is 2.25. The smallest absolute Gasteiger partial charge is 0.409 e. The van der Waals surface area contributed by atoms with Crippen LogP contribution < -0.4 is 5.73 Å². The fourth-order valence-corrected chi connectivity index (χ4v) is 3.32. The second-order valence-corrected chi connectivity index (χ2v) is 6.09. The minimum absolute atomic E-state index is 0.284. The van der Waals surface area contributed by atoms with Crippen LogP contribution >= 0.6 is 0 Å². The number of aromatic nitrogens is 3. The maximum atomic E-state index is 13.1. The molecule has 0 bridgehead atoms. The lowest BCUT2D eigenvalue weighted by Gasteiger charge is -2.28. The van der Waals surface area contributed by atoms with Crippen LogP contribution in [0, 0.1) is 0 Å². The molecule has 2 N–H and O–H groups in total. The summed E-state index contributed by atoms with van der Waals surface area (Å²) in [7, 11) is 1.35. The first-order chi connectivity index (χ1) is 12.6. The van der Waals surface area contributed by atoms with Crippen molar-refractivity contribution in [2.24, 2.45) is 0 Å². The summed E-state index contributed by atoms with van der Waals surface area (Å²) >= 11 is 0. The number of ether oxygens (including phenoxy) is 1. The fourth-order valence-electron chi connectivity index (χ4n) is 3.32. The number of benzene rings is 1. The minimum Gasteiger partial charge on any atom is -0.453 e. The second-order valence-electron chi connectivity index (χ2n) is 6.09. The lowest BCUT2D eigenvalue weighted by molar-refractivity contribution is 0.0948. The number of pyridine rings is 1. The van der Waals surface area contributed by atoms with Crippen LogP contribution in [-0.4, -0.2) is 45.3 Å². The highest BCUT2D eigenvalue weighted by atomic mass is 16.5. The SMILES string of the molecule is COC(=O)N1CCc2c(cncc2C(=O)n2nc(N)c3ccccc32)C1. The lowest BCUT2D eigenvalue weighted by atomic mass is 9.97. The molecule has 0 spiro atoms. The topological polar surface area (TPSA) is 103 Å². The van der Waals surface area contributed by atoms with Gasteiger partial charge in [0.05, 0.1) is 24.7 Å². The van der Waals surface area contributed by atoms with Crippen molar-refractivity contribution in [3.05, 3.63) is 53.3 Å². The first-order valence-electron chi connectivity index (χ1n) is 8.16. The predicted octanol–water partition coefficient (Wildman–Crippen LogP) is 1.83. The summed E-state index contributed by atoms with van der Waals surface area (Å²) in [5, 5.41) is 4.94. The molecule has 1 amide bonds. The number of hydrogen-bond donors (Lipinski definition) is 1. The molecule has 0 unspecified atom stereocenters. The summed E-state index contributed by atoms with van der Waals surface area (Å²) in [5.41, 5.74) is 8.77. The Balaban J connectivity index is 1.75. The van der Waals surface area contributed by atoms with Gasteiger partial charge in [-0.05, 0) is 29.7 Å². The van der Waals surface area contributed by atoms with E-state index in [0.29, 0.717) is 36.4 Å². The van der Waals surface area contributed by atoms with Gasteiger partial charge in [0.15, 0.2) is 5.82 Å². The van der Waals surface area contributed by atoms with Crippen molar-refractivity contribution in [1.82, 2.24) is 19.7 Å². The van der Waals surface area contributed by atoms with Crippen LogP contribution in [0.3, 0.4) is 0 Å². The Kier molecular flexibility index (Phi) is 3.80. The predicted molar refractivity (Wildman–Crippen MR) is 94.6 cm³/mol. The first-order valence-corrected chi connectivity index (χ1v) is 8.16. The molecule has 132 valence electrons. The molecule has 3 heterocycles. The number of amides is 1. The molecule has 0 atom stereocenters. The van der Waals surface area contributed by atoms with Gasteiger partial charge >= 0.3 is 6.09 Å². The molecular weight excluding hydrogens is 334 g/mol. The normalized spacial score (nSPS) is 13.5. The van der Waals surface area contributed by atoms with Crippen LogP contribution in [-0.2, 0) is 17.7 Å². The molecule has 3 aromatic rings. The number of hydrogen-bond acceptors (Lipinski definition) is 6. The number of methoxy groups -OCH3 is 1. The van der Waals surface area contributed by atoms with E-state index in [-0.39, 0.29) is 5.91 Å². The third kappa shape index (κ3) is 2.46. The highest BCUT2D eigenvalue weighted by Gasteiger charge is 2.26. The molecule has 1 aliphatic heterocycles. The Bertz CT molecular complexity index is 1030. The van der Waals surface area contributed by atoms with Crippen molar-refractivity contribution in [2.75, 3.05) is 19.4 Å². The maximum absolute atomic E-state index is 13.1. The molecule has 0 saturated carbocycles. The number of fused-ring (bicyclic) bond motifs is 2. The number of rotatable bonds is 1. The zero-order valence-electron chi connectivity index (χ0n) is 14.2. The summed E-state index contributed by atoms with van der Waals surface area (Å²) in [6.07, 6.45) is 3.37. The van der Waals surface area contributed by atoms with E-state index in [9.17, 15) is 9.59 Å². The standard InChI is InChI=1S/C18H17N5O3/c1-26-18(25)22-7-6-12-11(10-22)8-20-9-14(12)17(24)23-15-5-3-2-4-13(15)16(19)21-23/h2-5,8-9H,6-7,10H2,1H3,(H2,19,21). The van der Waals surface area contributed by atoms with Gasteiger partial charge in [0, 0.05) is 24.3 Å². The van der Waals surface area contributed by atoms with Crippen LogP contribution in [0.2, 0.25) is 0 Å². The van der Waals surface area contributed by atoms with Crippen molar-refractivity contribution in [3.63, 3.8) is 0 Å². The van der Waals surface area contributed by atoms with E-state index in [1.807, 2.05) is 18.2 Å². The number of nitrogen functional groups attached to an aromatic ring is 1.